The summed E-state index contributed by atoms with van der Waals surface area (Å²) in [4.78, 5) is 26.6. The first kappa shape index (κ1) is 17.4. The predicted molar refractivity (Wildman–Crippen MR) is 89.6 cm³/mol. The molecule has 1 aromatic heterocycles. The van der Waals surface area contributed by atoms with E-state index in [4.69, 9.17) is 11.5 Å². The van der Waals surface area contributed by atoms with Crippen LogP contribution in [0.1, 0.15) is 41.7 Å². The highest BCUT2D eigenvalue weighted by atomic mass is 16.5. The molecule has 0 spiro atoms. The summed E-state index contributed by atoms with van der Waals surface area (Å²) in [5.74, 6) is -1.51. The number of aromatic nitrogens is 1. The SMILES string of the molecule is CC(C)(C)N([O])c1ccc(-c2cc(C(N)=O)nc(C(N)=O)c2)cc1. The molecule has 2 aromatic rings. The van der Waals surface area contributed by atoms with Crippen molar-refractivity contribution in [2.75, 3.05) is 5.06 Å². The maximum atomic E-state index is 12.2. The van der Waals surface area contributed by atoms with Gasteiger partial charge < -0.3 is 11.5 Å². The minimum Gasteiger partial charge on any atom is -0.364 e. The Hall–Kier alpha value is -2.93. The van der Waals surface area contributed by atoms with Gasteiger partial charge in [-0.15, -0.1) is 0 Å². The number of anilines is 1. The normalized spacial score (nSPS) is 11.2. The first-order chi connectivity index (χ1) is 11.1. The van der Waals surface area contributed by atoms with Crippen molar-refractivity contribution in [2.45, 2.75) is 26.3 Å². The van der Waals surface area contributed by atoms with E-state index in [2.05, 4.69) is 4.98 Å². The Morgan fingerprint density at radius 2 is 1.38 bits per heavy atom. The van der Waals surface area contributed by atoms with Crippen LogP contribution in [0, 0.1) is 0 Å². The number of hydrogen-bond acceptors (Lipinski definition) is 4. The zero-order valence-electron chi connectivity index (χ0n) is 13.7. The van der Waals surface area contributed by atoms with E-state index < -0.39 is 17.4 Å². The average Bonchev–Trinajstić information content (AvgIpc) is 2.53. The van der Waals surface area contributed by atoms with E-state index in [9.17, 15) is 14.8 Å². The topological polar surface area (TPSA) is 122 Å². The van der Waals surface area contributed by atoms with Gasteiger partial charge >= 0.3 is 0 Å². The van der Waals surface area contributed by atoms with Gasteiger partial charge in [-0.05, 0) is 56.2 Å². The lowest BCUT2D eigenvalue weighted by Gasteiger charge is -2.28. The molecule has 0 aliphatic carbocycles. The summed E-state index contributed by atoms with van der Waals surface area (Å²) in [6.07, 6.45) is 0. The fraction of sp³-hybridized carbons (Fsp3) is 0.235. The van der Waals surface area contributed by atoms with Crippen LogP contribution in [0.2, 0.25) is 0 Å². The maximum Gasteiger partial charge on any atom is 0.267 e. The smallest absolute Gasteiger partial charge is 0.267 e. The molecule has 7 heteroatoms. The van der Waals surface area contributed by atoms with Gasteiger partial charge in [0.1, 0.15) is 11.4 Å². The lowest BCUT2D eigenvalue weighted by atomic mass is 10.0. The van der Waals surface area contributed by atoms with E-state index in [-0.39, 0.29) is 11.4 Å². The lowest BCUT2D eigenvalue weighted by Crippen LogP contribution is -2.37. The summed E-state index contributed by atoms with van der Waals surface area (Å²) < 4.78 is 0. The van der Waals surface area contributed by atoms with Crippen LogP contribution in [0.15, 0.2) is 36.4 Å². The summed E-state index contributed by atoms with van der Waals surface area (Å²) in [5.41, 5.74) is 11.6. The largest absolute Gasteiger partial charge is 0.364 e. The maximum absolute atomic E-state index is 12.2. The van der Waals surface area contributed by atoms with Gasteiger partial charge in [0, 0.05) is 0 Å². The van der Waals surface area contributed by atoms with Gasteiger partial charge in [0.2, 0.25) is 0 Å². The van der Waals surface area contributed by atoms with Gasteiger partial charge in [-0.1, -0.05) is 17.3 Å². The van der Waals surface area contributed by atoms with Crippen molar-refractivity contribution in [3.05, 3.63) is 47.8 Å². The molecule has 0 aliphatic heterocycles. The molecule has 2 amide bonds. The Balaban J connectivity index is 2.45. The number of nitrogens with two attached hydrogens (primary N) is 2. The molecule has 7 nitrogen and oxygen atoms in total. The monoisotopic (exact) mass is 327 g/mol. The van der Waals surface area contributed by atoms with Gasteiger partial charge in [-0.2, -0.15) is 0 Å². The van der Waals surface area contributed by atoms with Gasteiger partial charge in [-0.3, -0.25) is 9.59 Å². The minimum atomic E-state index is -0.755. The van der Waals surface area contributed by atoms with Crippen LogP contribution in [-0.2, 0) is 5.21 Å². The van der Waals surface area contributed by atoms with Crippen LogP contribution < -0.4 is 16.5 Å². The zero-order valence-corrected chi connectivity index (χ0v) is 13.7. The Kier molecular flexibility index (Phi) is 4.57. The molecule has 1 aromatic carbocycles. The van der Waals surface area contributed by atoms with Crippen molar-refractivity contribution in [3.63, 3.8) is 0 Å². The second-order valence-electron chi connectivity index (χ2n) is 6.37. The predicted octanol–water partition coefficient (Wildman–Crippen LogP) is 1.90. The van der Waals surface area contributed by atoms with Crippen LogP contribution in [0.25, 0.3) is 11.1 Å². The fourth-order valence-electron chi connectivity index (χ4n) is 2.13. The molecule has 0 aliphatic rings. The molecule has 2 rings (SSSR count). The second kappa shape index (κ2) is 6.29. The minimum absolute atomic E-state index is 0.0504. The van der Waals surface area contributed by atoms with E-state index in [0.29, 0.717) is 16.8 Å². The molecule has 24 heavy (non-hydrogen) atoms. The van der Waals surface area contributed by atoms with Gasteiger partial charge in [0.25, 0.3) is 11.8 Å². The highest BCUT2D eigenvalue weighted by molar-refractivity contribution is 5.97. The van der Waals surface area contributed by atoms with Crippen molar-refractivity contribution in [2.24, 2.45) is 11.5 Å². The Labute approximate surface area is 139 Å². The first-order valence-corrected chi connectivity index (χ1v) is 7.29. The number of amides is 2. The molecular formula is C17H19N4O3. The van der Waals surface area contributed by atoms with Crippen LogP contribution in [-0.4, -0.2) is 22.3 Å². The standard InChI is InChI=1S/C17H19N4O3/c1-17(2,3)21(24)12-6-4-10(5-7-12)11-8-13(15(18)22)20-14(9-11)16(19)23/h4-9H,1-3H3,(H2,18,22)(H2,19,23). The molecule has 4 N–H and O–H groups in total. The van der Waals surface area contributed by atoms with Gasteiger partial charge in [-0.25, -0.2) is 10.0 Å². The molecule has 1 heterocycles. The van der Waals surface area contributed by atoms with Gasteiger partial charge in [0.15, 0.2) is 0 Å². The van der Waals surface area contributed by atoms with Crippen LogP contribution in [0.5, 0.6) is 0 Å². The first-order valence-electron chi connectivity index (χ1n) is 7.29. The third-order valence-corrected chi connectivity index (χ3v) is 3.37. The molecule has 0 unspecified atom stereocenters. The second-order valence-corrected chi connectivity index (χ2v) is 6.37. The number of carbonyl (C=O) groups excluding carboxylic acids is 2. The van der Waals surface area contributed by atoms with E-state index in [0.717, 1.165) is 5.06 Å². The summed E-state index contributed by atoms with van der Waals surface area (Å²) in [6, 6.07) is 9.72. The molecule has 1 radical (unpaired) electrons. The molecule has 125 valence electrons. The fourth-order valence-corrected chi connectivity index (χ4v) is 2.13. The van der Waals surface area contributed by atoms with Gasteiger partial charge in [0.05, 0.1) is 11.2 Å². The molecule has 0 bridgehead atoms. The molecule has 0 saturated carbocycles. The number of rotatable bonds is 4. The Morgan fingerprint density at radius 3 is 1.75 bits per heavy atom. The third-order valence-electron chi connectivity index (χ3n) is 3.37. The number of hydroxylamine groups is 1. The van der Waals surface area contributed by atoms with Crippen molar-refractivity contribution in [1.29, 1.82) is 0 Å². The molecular weight excluding hydrogens is 308 g/mol. The number of nitrogens with zero attached hydrogens (tertiary/aromatic N) is 2. The zero-order chi connectivity index (χ0) is 18.1. The van der Waals surface area contributed by atoms with Crippen molar-refractivity contribution >= 4 is 17.5 Å². The quantitative estimate of drug-likeness (QED) is 0.832. The average molecular weight is 327 g/mol. The van der Waals surface area contributed by atoms with Crippen molar-refractivity contribution in [3.8, 4) is 11.1 Å². The molecule has 0 fully saturated rings. The van der Waals surface area contributed by atoms with Crippen LogP contribution in [0.4, 0.5) is 5.69 Å². The number of pyridine rings is 1. The molecule has 0 saturated heterocycles. The number of benzene rings is 1. The summed E-state index contributed by atoms with van der Waals surface area (Å²) >= 11 is 0. The van der Waals surface area contributed by atoms with E-state index in [1.807, 2.05) is 20.8 Å². The number of carbonyl (C=O) groups is 2. The van der Waals surface area contributed by atoms with E-state index in [1.54, 1.807) is 24.3 Å². The highest BCUT2D eigenvalue weighted by Crippen LogP contribution is 2.27. The third kappa shape index (κ3) is 3.69. The summed E-state index contributed by atoms with van der Waals surface area (Å²) in [6.45, 7) is 5.44. The summed E-state index contributed by atoms with van der Waals surface area (Å²) in [5, 5.41) is 13.1. The Bertz CT molecular complexity index is 747. The van der Waals surface area contributed by atoms with E-state index in [1.165, 1.54) is 12.1 Å². The highest BCUT2D eigenvalue weighted by Gasteiger charge is 2.21. The van der Waals surface area contributed by atoms with Crippen LogP contribution >= 0.6 is 0 Å². The molecule has 0 atom stereocenters. The van der Waals surface area contributed by atoms with Crippen LogP contribution in [0.3, 0.4) is 0 Å². The number of primary amides is 2. The number of hydrogen-bond donors (Lipinski definition) is 2. The summed E-state index contributed by atoms with van der Waals surface area (Å²) in [7, 11) is 0. The Morgan fingerprint density at radius 1 is 0.917 bits per heavy atom. The van der Waals surface area contributed by atoms with E-state index >= 15 is 0 Å². The van der Waals surface area contributed by atoms with Crippen molar-refractivity contribution in [1.82, 2.24) is 4.98 Å². The van der Waals surface area contributed by atoms with Crippen molar-refractivity contribution < 1.29 is 14.8 Å². The lowest BCUT2D eigenvalue weighted by molar-refractivity contribution is 0.0992.